The van der Waals surface area contributed by atoms with Gasteiger partial charge in [0.2, 0.25) is 11.8 Å². The maximum atomic E-state index is 14.1. The van der Waals surface area contributed by atoms with Crippen molar-refractivity contribution in [2.45, 2.75) is 44.7 Å². The molecule has 0 fully saturated rings. The minimum atomic E-state index is -4.23. The first-order chi connectivity index (χ1) is 19.5. The number of rotatable bonds is 13. The summed E-state index contributed by atoms with van der Waals surface area (Å²) in [5.41, 5.74) is 0.933. The van der Waals surface area contributed by atoms with Gasteiger partial charge >= 0.3 is 0 Å². The lowest BCUT2D eigenvalue weighted by atomic mass is 10.1. The Labute approximate surface area is 252 Å². The molecule has 8 nitrogen and oxygen atoms in total. The predicted octanol–water partition coefficient (Wildman–Crippen LogP) is 5.78. The van der Waals surface area contributed by atoms with Crippen molar-refractivity contribution < 1.29 is 22.7 Å². The zero-order chi connectivity index (χ0) is 30.2. The van der Waals surface area contributed by atoms with Gasteiger partial charge < -0.3 is 15.0 Å². The van der Waals surface area contributed by atoms with Gasteiger partial charge in [-0.2, -0.15) is 0 Å². The normalized spacial score (nSPS) is 12.1. The van der Waals surface area contributed by atoms with E-state index in [4.69, 9.17) is 27.9 Å². The van der Waals surface area contributed by atoms with Crippen LogP contribution in [0.4, 0.5) is 5.69 Å². The van der Waals surface area contributed by atoms with Crippen molar-refractivity contribution in [1.82, 2.24) is 10.2 Å². The predicted molar refractivity (Wildman–Crippen MR) is 163 cm³/mol. The van der Waals surface area contributed by atoms with Crippen LogP contribution in [0.25, 0.3) is 0 Å². The van der Waals surface area contributed by atoms with E-state index in [0.717, 1.165) is 9.87 Å². The van der Waals surface area contributed by atoms with Gasteiger partial charge in [-0.25, -0.2) is 8.42 Å². The summed E-state index contributed by atoms with van der Waals surface area (Å²) < 4.78 is 34.1. The Balaban J connectivity index is 2.06. The van der Waals surface area contributed by atoms with Crippen LogP contribution in [0.3, 0.4) is 0 Å². The fraction of sp³-hybridized carbons (Fsp3) is 0.333. The number of anilines is 1. The molecule has 3 rings (SSSR count). The molecule has 11 heteroatoms. The molecular weight excluding hydrogens is 585 g/mol. The second kappa shape index (κ2) is 14.6. The van der Waals surface area contributed by atoms with Crippen LogP contribution in [0.2, 0.25) is 10.0 Å². The molecule has 0 heterocycles. The molecule has 0 bridgehead atoms. The standard InChI is InChI=1S/C30H35Cl2N3O5S/c1-5-28(30(37)33-18-21(2)3)34(19-22-8-6-11-26(16-22)40-4)29(36)20-35(25-10-7-9-24(32)17-25)41(38,39)27-14-12-23(31)13-15-27/h6-17,21,28H,5,18-20H2,1-4H3,(H,33,37). The number of halogens is 2. The van der Waals surface area contributed by atoms with Gasteiger partial charge in [0.15, 0.2) is 0 Å². The molecule has 0 saturated heterocycles. The quantitative estimate of drug-likeness (QED) is 0.262. The van der Waals surface area contributed by atoms with Crippen LogP contribution < -0.4 is 14.4 Å². The van der Waals surface area contributed by atoms with Crippen LogP contribution in [-0.4, -0.2) is 51.4 Å². The van der Waals surface area contributed by atoms with E-state index in [1.807, 2.05) is 26.8 Å². The van der Waals surface area contributed by atoms with E-state index in [2.05, 4.69) is 5.32 Å². The minimum absolute atomic E-state index is 0.0456. The van der Waals surface area contributed by atoms with Crippen molar-refractivity contribution in [3.63, 3.8) is 0 Å². The summed E-state index contributed by atoms with van der Waals surface area (Å²) in [7, 11) is -2.68. The van der Waals surface area contributed by atoms with Crippen molar-refractivity contribution in [3.05, 3.63) is 88.4 Å². The largest absolute Gasteiger partial charge is 0.497 e. The van der Waals surface area contributed by atoms with Gasteiger partial charge in [-0.15, -0.1) is 0 Å². The van der Waals surface area contributed by atoms with Gasteiger partial charge in [0.1, 0.15) is 18.3 Å². The number of amides is 2. The lowest BCUT2D eigenvalue weighted by molar-refractivity contribution is -0.140. The van der Waals surface area contributed by atoms with E-state index in [0.29, 0.717) is 28.8 Å². The second-order valence-electron chi connectivity index (χ2n) is 9.88. The number of hydrogen-bond acceptors (Lipinski definition) is 5. The molecule has 3 aromatic rings. The lowest BCUT2D eigenvalue weighted by Gasteiger charge is -2.33. The Morgan fingerprint density at radius 1 is 0.951 bits per heavy atom. The first-order valence-corrected chi connectivity index (χ1v) is 15.4. The monoisotopic (exact) mass is 619 g/mol. The zero-order valence-corrected chi connectivity index (χ0v) is 25.8. The molecule has 1 atom stereocenters. The van der Waals surface area contributed by atoms with Gasteiger partial charge in [-0.3, -0.25) is 13.9 Å². The van der Waals surface area contributed by atoms with Crippen molar-refractivity contribution in [2.24, 2.45) is 5.92 Å². The van der Waals surface area contributed by atoms with E-state index >= 15 is 0 Å². The first-order valence-electron chi connectivity index (χ1n) is 13.2. The van der Waals surface area contributed by atoms with Crippen molar-refractivity contribution >= 4 is 50.7 Å². The summed E-state index contributed by atoms with van der Waals surface area (Å²) in [4.78, 5) is 28.8. The molecule has 3 aromatic carbocycles. The fourth-order valence-corrected chi connectivity index (χ4v) is 5.92. The Morgan fingerprint density at radius 3 is 2.24 bits per heavy atom. The van der Waals surface area contributed by atoms with Crippen LogP contribution >= 0.6 is 23.2 Å². The fourth-order valence-electron chi connectivity index (χ4n) is 4.20. The number of nitrogens with zero attached hydrogens (tertiary/aromatic N) is 2. The number of sulfonamides is 1. The third-order valence-electron chi connectivity index (χ3n) is 6.33. The molecule has 0 aromatic heterocycles. The van der Waals surface area contributed by atoms with Crippen molar-refractivity contribution in [3.8, 4) is 5.75 Å². The van der Waals surface area contributed by atoms with Crippen LogP contribution in [0.1, 0.15) is 32.8 Å². The summed E-state index contributed by atoms with van der Waals surface area (Å²) in [5.74, 6) is -0.0656. The number of carbonyl (C=O) groups excluding carboxylic acids is 2. The van der Waals surface area contributed by atoms with Crippen LogP contribution in [0, 0.1) is 5.92 Å². The van der Waals surface area contributed by atoms with Gasteiger partial charge in [0, 0.05) is 23.1 Å². The maximum absolute atomic E-state index is 14.1. The molecule has 0 saturated carbocycles. The summed E-state index contributed by atoms with van der Waals surface area (Å²) in [6.45, 7) is 5.70. The number of hydrogen-bond donors (Lipinski definition) is 1. The van der Waals surface area contributed by atoms with E-state index in [9.17, 15) is 18.0 Å². The van der Waals surface area contributed by atoms with E-state index in [-0.39, 0.29) is 29.0 Å². The third kappa shape index (κ3) is 8.61. The number of carbonyl (C=O) groups is 2. The number of nitrogens with one attached hydrogen (secondary N) is 1. The zero-order valence-electron chi connectivity index (χ0n) is 23.5. The molecule has 0 radical (unpaired) electrons. The van der Waals surface area contributed by atoms with E-state index in [1.54, 1.807) is 43.5 Å². The second-order valence-corrected chi connectivity index (χ2v) is 12.6. The van der Waals surface area contributed by atoms with Crippen molar-refractivity contribution in [1.29, 1.82) is 0 Å². The SMILES string of the molecule is CCC(C(=O)NCC(C)C)N(Cc1cccc(OC)c1)C(=O)CN(c1cccc(Cl)c1)S(=O)(=O)c1ccc(Cl)cc1. The summed E-state index contributed by atoms with van der Waals surface area (Å²) in [6, 6.07) is 18.3. The highest BCUT2D eigenvalue weighted by Gasteiger charge is 2.33. The molecule has 41 heavy (non-hydrogen) atoms. The highest BCUT2D eigenvalue weighted by molar-refractivity contribution is 7.92. The van der Waals surface area contributed by atoms with Gasteiger partial charge in [0.05, 0.1) is 17.7 Å². The first kappa shape index (κ1) is 32.2. The Bertz CT molecular complexity index is 1450. The Morgan fingerprint density at radius 2 is 1.63 bits per heavy atom. The van der Waals surface area contributed by atoms with Crippen LogP contribution in [-0.2, 0) is 26.2 Å². The Hall–Kier alpha value is -3.27. The average molecular weight is 621 g/mol. The number of benzene rings is 3. The van der Waals surface area contributed by atoms with Gasteiger partial charge in [0.25, 0.3) is 10.0 Å². The Kier molecular flexibility index (Phi) is 11.5. The molecule has 220 valence electrons. The van der Waals surface area contributed by atoms with Crippen LogP contribution in [0.5, 0.6) is 5.75 Å². The third-order valence-corrected chi connectivity index (χ3v) is 8.61. The van der Waals surface area contributed by atoms with E-state index in [1.165, 1.54) is 35.2 Å². The number of methoxy groups -OCH3 is 1. The van der Waals surface area contributed by atoms with Gasteiger partial charge in [-0.1, -0.05) is 62.2 Å². The molecule has 0 aliphatic carbocycles. The lowest BCUT2D eigenvalue weighted by Crippen LogP contribution is -2.52. The highest BCUT2D eigenvalue weighted by Crippen LogP contribution is 2.28. The molecule has 0 aliphatic rings. The van der Waals surface area contributed by atoms with Crippen molar-refractivity contribution in [2.75, 3.05) is 24.5 Å². The highest BCUT2D eigenvalue weighted by atomic mass is 35.5. The molecule has 0 spiro atoms. The topological polar surface area (TPSA) is 96.0 Å². The molecule has 2 amide bonds. The summed E-state index contributed by atoms with van der Waals surface area (Å²) in [5, 5.41) is 3.59. The molecular formula is C30H35Cl2N3O5S. The smallest absolute Gasteiger partial charge is 0.264 e. The van der Waals surface area contributed by atoms with Gasteiger partial charge in [-0.05, 0) is 72.5 Å². The minimum Gasteiger partial charge on any atom is -0.497 e. The molecule has 1 unspecified atom stereocenters. The average Bonchev–Trinajstić information content (AvgIpc) is 2.94. The summed E-state index contributed by atoms with van der Waals surface area (Å²) in [6.07, 6.45) is 0.320. The molecule has 1 N–H and O–H groups in total. The molecule has 0 aliphatic heterocycles. The summed E-state index contributed by atoms with van der Waals surface area (Å²) >= 11 is 12.2. The number of ether oxygens (including phenoxy) is 1. The van der Waals surface area contributed by atoms with Crippen LogP contribution in [0.15, 0.2) is 77.7 Å². The van der Waals surface area contributed by atoms with E-state index < -0.39 is 28.5 Å². The maximum Gasteiger partial charge on any atom is 0.264 e.